The Balaban J connectivity index is 0.000000169. The van der Waals surface area contributed by atoms with Crippen molar-refractivity contribution in [2.45, 2.75) is 19.4 Å². The van der Waals surface area contributed by atoms with Gasteiger partial charge in [0.15, 0.2) is 0 Å². The lowest BCUT2D eigenvalue weighted by Gasteiger charge is -1.91. The molecular weight excluding hydrogens is 228 g/mol. The van der Waals surface area contributed by atoms with Gasteiger partial charge >= 0.3 is 0 Å². The second kappa shape index (κ2) is 5.95. The first-order valence-corrected chi connectivity index (χ1v) is 5.97. The topological polar surface area (TPSA) is 59.8 Å². The predicted molar refractivity (Wildman–Crippen MR) is 68.2 cm³/mol. The molecule has 2 heterocycles. The molecule has 94 valence electrons. The highest BCUT2D eigenvalue weighted by atomic mass is 16.2. The molecule has 0 radical (unpaired) electrons. The molecule has 1 amide bonds. The molecule has 0 saturated carbocycles. The first-order valence-electron chi connectivity index (χ1n) is 5.97. The van der Waals surface area contributed by atoms with Gasteiger partial charge < -0.3 is 5.32 Å². The van der Waals surface area contributed by atoms with Gasteiger partial charge in [0.05, 0.1) is 0 Å². The number of hydrogen-bond donors (Lipinski definition) is 1. The molecule has 18 heavy (non-hydrogen) atoms. The van der Waals surface area contributed by atoms with Crippen molar-refractivity contribution in [1.29, 1.82) is 0 Å². The van der Waals surface area contributed by atoms with Crippen molar-refractivity contribution >= 4 is 5.91 Å². The van der Waals surface area contributed by atoms with Crippen molar-refractivity contribution in [2.24, 2.45) is 0 Å². The summed E-state index contributed by atoms with van der Waals surface area (Å²) in [5.74, 6) is 0.998. The summed E-state index contributed by atoms with van der Waals surface area (Å²) >= 11 is 0. The van der Waals surface area contributed by atoms with E-state index in [2.05, 4.69) is 15.4 Å². The molecule has 5 heteroatoms. The zero-order chi connectivity index (χ0) is 12.8. The third-order valence-electron chi connectivity index (χ3n) is 2.62. The van der Waals surface area contributed by atoms with Crippen LogP contribution in [0.5, 0.6) is 0 Å². The molecule has 1 aromatic carbocycles. The van der Waals surface area contributed by atoms with Crippen molar-refractivity contribution in [2.75, 3.05) is 7.05 Å². The van der Waals surface area contributed by atoms with Crippen LogP contribution >= 0.6 is 0 Å². The maximum absolute atomic E-state index is 11.1. The highest BCUT2D eigenvalue weighted by molar-refractivity contribution is 5.90. The van der Waals surface area contributed by atoms with Gasteiger partial charge in [-0.2, -0.15) is 0 Å². The van der Waals surface area contributed by atoms with Gasteiger partial charge in [0.1, 0.15) is 5.82 Å². The predicted octanol–water partition coefficient (Wildman–Crippen LogP) is 1.27. The Morgan fingerprint density at radius 2 is 1.83 bits per heavy atom. The fourth-order valence-corrected chi connectivity index (χ4v) is 1.72. The highest BCUT2D eigenvalue weighted by Gasteiger charge is 2.18. The number of benzene rings is 1. The smallest absolute Gasteiger partial charge is 0.290 e. The summed E-state index contributed by atoms with van der Waals surface area (Å²) in [4.78, 5) is 15.2. The number of rotatable bonds is 1. The first-order chi connectivity index (χ1) is 8.81. The van der Waals surface area contributed by atoms with Crippen molar-refractivity contribution in [3.63, 3.8) is 0 Å². The summed E-state index contributed by atoms with van der Waals surface area (Å²) in [7, 11) is 1.58. The fraction of sp³-hybridized carbons (Fsp3) is 0.308. The maximum atomic E-state index is 11.1. The monoisotopic (exact) mass is 244 g/mol. The van der Waals surface area contributed by atoms with Crippen LogP contribution < -0.4 is 5.32 Å². The van der Waals surface area contributed by atoms with Crippen molar-refractivity contribution < 1.29 is 4.79 Å². The number of fused-ring (bicyclic) bond motifs is 1. The Labute approximate surface area is 106 Å². The average Bonchev–Trinajstić information content (AvgIpc) is 3.01. The van der Waals surface area contributed by atoms with Gasteiger partial charge in [-0.15, -0.1) is 5.10 Å². The number of hydrogen-bond acceptors (Lipinski definition) is 3. The van der Waals surface area contributed by atoms with E-state index in [-0.39, 0.29) is 11.7 Å². The molecule has 1 aliphatic heterocycles. The van der Waals surface area contributed by atoms with Crippen molar-refractivity contribution in [1.82, 2.24) is 20.1 Å². The van der Waals surface area contributed by atoms with Crippen molar-refractivity contribution in [3.8, 4) is 0 Å². The highest BCUT2D eigenvalue weighted by Crippen LogP contribution is 2.10. The molecule has 0 bridgehead atoms. The number of aromatic nitrogens is 3. The number of aryl methyl sites for hydroxylation is 2. The van der Waals surface area contributed by atoms with Crippen LogP contribution in [0.2, 0.25) is 0 Å². The summed E-state index contributed by atoms with van der Waals surface area (Å²) < 4.78 is 1.80. The van der Waals surface area contributed by atoms with Gasteiger partial charge in [0, 0.05) is 20.0 Å². The van der Waals surface area contributed by atoms with Gasteiger partial charge in [0.25, 0.3) is 5.91 Å². The number of nitrogens with one attached hydrogen (secondary N) is 1. The summed E-state index contributed by atoms with van der Waals surface area (Å²) in [6.45, 7) is 0.888. The lowest BCUT2D eigenvalue weighted by Crippen LogP contribution is -2.19. The van der Waals surface area contributed by atoms with Crippen LogP contribution in [0.3, 0.4) is 0 Å². The number of amides is 1. The molecule has 2 aromatic rings. The Kier molecular flexibility index (Phi) is 4.06. The van der Waals surface area contributed by atoms with Gasteiger partial charge in [-0.05, 0) is 6.42 Å². The molecule has 1 aliphatic rings. The largest absolute Gasteiger partial charge is 0.352 e. The van der Waals surface area contributed by atoms with Crippen LogP contribution in [-0.4, -0.2) is 27.7 Å². The van der Waals surface area contributed by atoms with E-state index in [1.54, 1.807) is 11.7 Å². The molecule has 5 nitrogen and oxygen atoms in total. The van der Waals surface area contributed by atoms with E-state index >= 15 is 0 Å². The summed E-state index contributed by atoms with van der Waals surface area (Å²) in [5.41, 5.74) is 0. The van der Waals surface area contributed by atoms with E-state index in [0.29, 0.717) is 0 Å². The minimum Gasteiger partial charge on any atom is -0.352 e. The molecule has 0 saturated heterocycles. The second-order valence-electron chi connectivity index (χ2n) is 3.91. The molecule has 1 aromatic heterocycles. The zero-order valence-electron chi connectivity index (χ0n) is 10.3. The van der Waals surface area contributed by atoms with Gasteiger partial charge in [0.2, 0.25) is 5.82 Å². The van der Waals surface area contributed by atoms with Crippen LogP contribution in [0.1, 0.15) is 22.9 Å². The van der Waals surface area contributed by atoms with E-state index in [1.807, 2.05) is 36.4 Å². The normalized spacial score (nSPS) is 12.3. The number of nitrogens with zero attached hydrogens (tertiary/aromatic N) is 3. The second-order valence-corrected chi connectivity index (χ2v) is 3.91. The molecule has 3 rings (SSSR count). The summed E-state index contributed by atoms with van der Waals surface area (Å²) in [5, 5.41) is 6.55. The zero-order valence-corrected chi connectivity index (χ0v) is 10.3. The molecule has 0 atom stereocenters. The minimum absolute atomic E-state index is 0.211. The van der Waals surface area contributed by atoms with Gasteiger partial charge in [-0.3, -0.25) is 4.79 Å². The first kappa shape index (κ1) is 12.3. The molecule has 0 aliphatic carbocycles. The van der Waals surface area contributed by atoms with E-state index in [4.69, 9.17) is 0 Å². The maximum Gasteiger partial charge on any atom is 0.290 e. The minimum atomic E-state index is -0.211. The number of carbonyl (C=O) groups excluding carboxylic acids is 1. The quantitative estimate of drug-likeness (QED) is 0.821. The van der Waals surface area contributed by atoms with Crippen LogP contribution in [0, 0.1) is 0 Å². The SMILES string of the molecule is CNC(=O)c1nc2n(n1)CCC2.c1ccccc1. The third kappa shape index (κ3) is 2.94. The van der Waals surface area contributed by atoms with Gasteiger partial charge in [-0.1, -0.05) is 36.4 Å². The molecule has 0 fully saturated rings. The third-order valence-corrected chi connectivity index (χ3v) is 2.62. The van der Waals surface area contributed by atoms with E-state index < -0.39 is 0 Å². The Hall–Kier alpha value is -2.17. The molecule has 1 N–H and O–H groups in total. The van der Waals surface area contributed by atoms with Crippen LogP contribution in [0.4, 0.5) is 0 Å². The number of carbonyl (C=O) groups is 1. The fourth-order valence-electron chi connectivity index (χ4n) is 1.72. The Bertz CT molecular complexity index is 459. The van der Waals surface area contributed by atoms with E-state index in [9.17, 15) is 4.79 Å². The lowest BCUT2D eigenvalue weighted by atomic mass is 10.4. The van der Waals surface area contributed by atoms with Crippen LogP contribution in [0.25, 0.3) is 0 Å². The Morgan fingerprint density at radius 3 is 2.33 bits per heavy atom. The average molecular weight is 244 g/mol. The standard InChI is InChI=1S/C7H10N4O.C6H6/c1-8-7(12)6-9-5-3-2-4-11(5)10-6;1-2-4-6-5-3-1/h2-4H2,1H3,(H,8,12);1-6H. The van der Waals surface area contributed by atoms with Crippen LogP contribution in [-0.2, 0) is 13.0 Å². The lowest BCUT2D eigenvalue weighted by molar-refractivity contribution is 0.0952. The summed E-state index contributed by atoms with van der Waals surface area (Å²) in [6.07, 6.45) is 2.02. The van der Waals surface area contributed by atoms with Crippen molar-refractivity contribution in [3.05, 3.63) is 48.0 Å². The Morgan fingerprint density at radius 1 is 1.22 bits per heavy atom. The van der Waals surface area contributed by atoms with E-state index in [1.165, 1.54) is 0 Å². The van der Waals surface area contributed by atoms with E-state index in [0.717, 1.165) is 25.2 Å². The molecule has 0 unspecified atom stereocenters. The summed E-state index contributed by atoms with van der Waals surface area (Å²) in [6, 6.07) is 12.0. The van der Waals surface area contributed by atoms with Gasteiger partial charge in [-0.25, -0.2) is 9.67 Å². The van der Waals surface area contributed by atoms with Crippen LogP contribution in [0.15, 0.2) is 36.4 Å². The molecule has 0 spiro atoms. The molecular formula is C13H16N4O.